The van der Waals surface area contributed by atoms with Gasteiger partial charge in [-0.15, -0.1) is 0 Å². The first kappa shape index (κ1) is 25.0. The van der Waals surface area contributed by atoms with Crippen molar-refractivity contribution in [1.29, 1.82) is 0 Å². The van der Waals surface area contributed by atoms with Gasteiger partial charge in [0.2, 0.25) is 5.56 Å². The summed E-state index contributed by atoms with van der Waals surface area (Å²) in [6.45, 7) is 6.62. The van der Waals surface area contributed by atoms with Crippen molar-refractivity contribution in [3.05, 3.63) is 63.3 Å². The summed E-state index contributed by atoms with van der Waals surface area (Å²) in [4.78, 5) is 31.0. The Morgan fingerprint density at radius 3 is 2.54 bits per heavy atom. The van der Waals surface area contributed by atoms with Crippen molar-refractivity contribution in [2.24, 2.45) is 0 Å². The molecule has 1 fully saturated rings. The number of carbonyl (C=O) groups is 1. The number of rotatable bonds is 5. The van der Waals surface area contributed by atoms with E-state index in [1.54, 1.807) is 6.07 Å². The van der Waals surface area contributed by atoms with E-state index in [4.69, 9.17) is 0 Å². The van der Waals surface area contributed by atoms with Gasteiger partial charge in [0, 0.05) is 61.7 Å². The minimum atomic E-state index is -3.00. The number of aromatic nitrogens is 1. The number of halogens is 3. The van der Waals surface area contributed by atoms with E-state index >= 15 is 4.39 Å². The third-order valence-corrected chi connectivity index (χ3v) is 6.36. The van der Waals surface area contributed by atoms with Crippen molar-refractivity contribution in [2.75, 3.05) is 43.4 Å². The van der Waals surface area contributed by atoms with Gasteiger partial charge in [0.15, 0.2) is 0 Å². The maximum absolute atomic E-state index is 15.4. The van der Waals surface area contributed by atoms with E-state index in [1.165, 1.54) is 6.07 Å². The molecule has 1 saturated heterocycles. The lowest BCUT2D eigenvalue weighted by molar-refractivity contribution is 0.101. The molecule has 1 aromatic heterocycles. The Balaban J connectivity index is 1.77. The van der Waals surface area contributed by atoms with Crippen LogP contribution >= 0.6 is 0 Å². The molecule has 4 rings (SSSR count). The monoisotopic (exact) mass is 489 g/mol. The predicted octanol–water partition coefficient (Wildman–Crippen LogP) is 3.61. The van der Waals surface area contributed by atoms with Crippen molar-refractivity contribution in [2.45, 2.75) is 38.8 Å². The topological polar surface area (TPSA) is 80.5 Å². The van der Waals surface area contributed by atoms with Gasteiger partial charge in [-0.2, -0.15) is 0 Å². The lowest BCUT2D eigenvalue weighted by Crippen LogP contribution is -2.54. The van der Waals surface area contributed by atoms with Crippen LogP contribution in [-0.4, -0.2) is 61.1 Å². The highest BCUT2D eigenvalue weighted by Gasteiger charge is 2.27. The molecule has 0 unspecified atom stereocenters. The van der Waals surface area contributed by atoms with Crippen LogP contribution in [0.25, 0.3) is 5.57 Å². The third-order valence-electron chi connectivity index (χ3n) is 6.36. The second kappa shape index (κ2) is 10.2. The zero-order chi connectivity index (χ0) is 25.3. The molecule has 2 aliphatic heterocycles. The summed E-state index contributed by atoms with van der Waals surface area (Å²) < 4.78 is 42.5. The number of alkyl halides is 2. The maximum atomic E-state index is 15.4. The average Bonchev–Trinajstić information content (AvgIpc) is 2.79. The average molecular weight is 490 g/mol. The van der Waals surface area contributed by atoms with E-state index in [-0.39, 0.29) is 17.6 Å². The molecule has 2 aliphatic rings. The van der Waals surface area contributed by atoms with Crippen LogP contribution in [0.2, 0.25) is 0 Å². The lowest BCUT2D eigenvalue weighted by atomic mass is 9.98. The highest BCUT2D eigenvalue weighted by Crippen LogP contribution is 2.35. The van der Waals surface area contributed by atoms with Gasteiger partial charge < -0.3 is 25.4 Å². The highest BCUT2D eigenvalue weighted by molar-refractivity contribution is 6.07. The van der Waals surface area contributed by atoms with Gasteiger partial charge in [0.25, 0.3) is 12.3 Å². The molecule has 1 amide bonds. The number of pyridine rings is 1. The summed E-state index contributed by atoms with van der Waals surface area (Å²) in [6.07, 6.45) is 0.738. The maximum Gasteiger partial charge on any atom is 0.264 e. The second-order valence-electron chi connectivity index (χ2n) is 9.40. The highest BCUT2D eigenvalue weighted by atomic mass is 19.3. The molecule has 0 radical (unpaired) electrons. The van der Waals surface area contributed by atoms with Crippen LogP contribution in [0.5, 0.6) is 0 Å². The fourth-order valence-corrected chi connectivity index (χ4v) is 4.84. The first-order valence-electron chi connectivity index (χ1n) is 11.7. The van der Waals surface area contributed by atoms with Crippen LogP contribution in [-0.2, 0) is 0 Å². The number of anilines is 2. The summed E-state index contributed by atoms with van der Waals surface area (Å²) in [5, 5.41) is 6.14. The zero-order valence-corrected chi connectivity index (χ0v) is 20.0. The lowest BCUT2D eigenvalue weighted by Gasteiger charge is -2.38. The summed E-state index contributed by atoms with van der Waals surface area (Å²) in [5.74, 6) is -1.21. The van der Waals surface area contributed by atoms with Gasteiger partial charge in [-0.25, -0.2) is 13.2 Å². The minimum absolute atomic E-state index is 0.129. The molecule has 2 aromatic rings. The Morgan fingerprint density at radius 1 is 1.17 bits per heavy atom. The zero-order valence-electron chi connectivity index (χ0n) is 20.0. The van der Waals surface area contributed by atoms with Crippen LogP contribution in [0.1, 0.15) is 48.2 Å². The van der Waals surface area contributed by atoms with Crippen molar-refractivity contribution < 1.29 is 18.0 Å². The predicted molar refractivity (Wildman–Crippen MR) is 131 cm³/mol. The van der Waals surface area contributed by atoms with Gasteiger partial charge in [0.1, 0.15) is 5.82 Å². The van der Waals surface area contributed by atoms with E-state index < -0.39 is 29.3 Å². The Morgan fingerprint density at radius 2 is 1.89 bits per heavy atom. The normalized spacial score (nSPS) is 21.2. The first-order valence-corrected chi connectivity index (χ1v) is 11.7. The van der Waals surface area contributed by atoms with Crippen molar-refractivity contribution >= 4 is 22.9 Å². The van der Waals surface area contributed by atoms with Crippen LogP contribution < -0.4 is 21.1 Å². The van der Waals surface area contributed by atoms with Gasteiger partial charge in [-0.1, -0.05) is 6.08 Å². The molecule has 0 bridgehead atoms. The number of hydrogen-bond acceptors (Lipinski definition) is 5. The Hall–Kier alpha value is -3.11. The summed E-state index contributed by atoms with van der Waals surface area (Å²) >= 11 is 0. The van der Waals surface area contributed by atoms with E-state index in [2.05, 4.69) is 20.5 Å². The van der Waals surface area contributed by atoms with E-state index in [1.807, 2.05) is 31.9 Å². The third kappa shape index (κ3) is 5.59. The minimum Gasteiger partial charge on any atom is -0.367 e. The fourth-order valence-electron chi connectivity index (χ4n) is 4.84. The molecule has 10 heteroatoms. The number of H-pyrrole nitrogens is 1. The molecule has 188 valence electrons. The summed E-state index contributed by atoms with van der Waals surface area (Å²) in [7, 11) is 1.95. The number of carbonyl (C=O) groups excluding carboxylic acids is 1. The van der Waals surface area contributed by atoms with Crippen LogP contribution in [0.15, 0.2) is 35.3 Å². The quantitative estimate of drug-likeness (QED) is 0.598. The van der Waals surface area contributed by atoms with E-state index in [9.17, 15) is 18.4 Å². The van der Waals surface area contributed by atoms with Crippen molar-refractivity contribution in [3.8, 4) is 0 Å². The number of likely N-dealkylation sites (N-methyl/N-ethyl adjacent to an activating group) is 1. The van der Waals surface area contributed by atoms with E-state index in [0.29, 0.717) is 36.6 Å². The molecular weight excluding hydrogens is 459 g/mol. The standard InChI is InChI=1S/C25H30F3N5O2/c1-14-11-33(12-15(2)30-14)22-9-20(26)17(16-5-4-6-32(3)13-16)7-21(22)31-25(35)19-10-29-23(34)8-18(19)24(27)28/h5,7-10,14-15,24,30H,4,6,11-13H2,1-3H3,(H,29,34)(H,31,35)/t14-,15+. The van der Waals surface area contributed by atoms with Crippen LogP contribution in [0.4, 0.5) is 24.5 Å². The molecular formula is C25H30F3N5O2. The van der Waals surface area contributed by atoms with Crippen molar-refractivity contribution in [3.63, 3.8) is 0 Å². The first-order chi connectivity index (χ1) is 16.6. The molecule has 7 nitrogen and oxygen atoms in total. The number of nitrogens with zero attached hydrogens (tertiary/aromatic N) is 2. The Labute approximate surface area is 202 Å². The molecule has 0 saturated carbocycles. The van der Waals surface area contributed by atoms with Crippen molar-refractivity contribution in [1.82, 2.24) is 15.2 Å². The molecule has 0 aliphatic carbocycles. The molecule has 3 N–H and O–H groups in total. The number of benzene rings is 1. The molecule has 35 heavy (non-hydrogen) atoms. The Bertz CT molecular complexity index is 1190. The number of nitrogens with one attached hydrogen (secondary N) is 3. The second-order valence-corrected chi connectivity index (χ2v) is 9.40. The fraction of sp³-hybridized carbons (Fsp3) is 0.440. The van der Waals surface area contributed by atoms with Gasteiger partial charge >= 0.3 is 0 Å². The van der Waals surface area contributed by atoms with Crippen LogP contribution in [0.3, 0.4) is 0 Å². The van der Waals surface area contributed by atoms with Gasteiger partial charge in [0.05, 0.1) is 16.9 Å². The number of aromatic amines is 1. The van der Waals surface area contributed by atoms with Crippen LogP contribution in [0, 0.1) is 5.82 Å². The van der Waals surface area contributed by atoms with Gasteiger partial charge in [-0.3, -0.25) is 9.59 Å². The molecule has 2 atom stereocenters. The number of hydrogen-bond donors (Lipinski definition) is 3. The summed E-state index contributed by atoms with van der Waals surface area (Å²) in [5.41, 5.74) is 0.255. The Kier molecular flexibility index (Phi) is 7.32. The van der Waals surface area contributed by atoms with E-state index in [0.717, 1.165) is 30.8 Å². The smallest absolute Gasteiger partial charge is 0.264 e. The largest absolute Gasteiger partial charge is 0.367 e. The molecule has 1 aromatic carbocycles. The molecule has 3 heterocycles. The molecule has 0 spiro atoms. The summed E-state index contributed by atoms with van der Waals surface area (Å²) in [6, 6.07) is 3.97. The number of piperazine rings is 1. The SMILES string of the molecule is C[C@@H]1CN(c2cc(F)c(C3=CCCN(C)C3)cc2NC(=O)c2c[nH]c(=O)cc2C(F)F)C[C@H](C)N1. The number of amides is 1. The van der Waals surface area contributed by atoms with Gasteiger partial charge in [-0.05, 0) is 45.0 Å².